The average molecular weight is 306 g/mol. The molecule has 0 saturated heterocycles. The number of rotatable bonds is 1. The summed E-state index contributed by atoms with van der Waals surface area (Å²) in [5.74, 6) is -0.584. The molecule has 0 aliphatic heterocycles. The fourth-order valence-corrected chi connectivity index (χ4v) is 2.83. The second-order valence-corrected chi connectivity index (χ2v) is 5.17. The van der Waals surface area contributed by atoms with Gasteiger partial charge in [-0.2, -0.15) is 0 Å². The summed E-state index contributed by atoms with van der Waals surface area (Å²) in [4.78, 5) is 25.6. The Kier molecular flexibility index (Phi) is 2.59. The van der Waals surface area contributed by atoms with Gasteiger partial charge in [0.2, 0.25) is 0 Å². The minimum Gasteiger partial charge on any atom is -0.397 e. The van der Waals surface area contributed by atoms with E-state index >= 15 is 0 Å². The van der Waals surface area contributed by atoms with E-state index in [1.807, 2.05) is 0 Å². The van der Waals surface area contributed by atoms with Crippen molar-refractivity contribution in [3.05, 3.63) is 58.8 Å². The number of carbonyl (C=O) groups is 2. The maximum absolute atomic E-state index is 12.9. The van der Waals surface area contributed by atoms with Crippen molar-refractivity contribution in [1.82, 2.24) is 10.4 Å². The summed E-state index contributed by atoms with van der Waals surface area (Å²) in [5.41, 5.74) is 13.9. The van der Waals surface area contributed by atoms with E-state index in [0.29, 0.717) is 11.1 Å². The van der Waals surface area contributed by atoms with Gasteiger partial charge >= 0.3 is 0 Å². The Morgan fingerprint density at radius 2 is 1.61 bits per heavy atom. The van der Waals surface area contributed by atoms with Gasteiger partial charge in [0.1, 0.15) is 5.69 Å². The van der Waals surface area contributed by atoms with Crippen molar-refractivity contribution in [2.75, 3.05) is 11.5 Å². The predicted octanol–water partition coefficient (Wildman–Crippen LogP) is 1.68. The summed E-state index contributed by atoms with van der Waals surface area (Å²) < 4.78 is 4.73. The third-order valence-electron chi connectivity index (χ3n) is 3.90. The van der Waals surface area contributed by atoms with Gasteiger partial charge in [0, 0.05) is 33.1 Å². The van der Waals surface area contributed by atoms with Gasteiger partial charge in [-0.25, -0.2) is 0 Å². The SMILES string of the molecule is Nc1cc2c(c(-c3conn3)c1N)C(=O)c1ccccc1C2=O. The molecule has 1 aliphatic rings. The summed E-state index contributed by atoms with van der Waals surface area (Å²) in [6, 6.07) is 8.06. The van der Waals surface area contributed by atoms with E-state index < -0.39 is 0 Å². The Hall–Kier alpha value is -3.48. The van der Waals surface area contributed by atoms with E-state index in [-0.39, 0.29) is 45.3 Å². The molecule has 0 saturated carbocycles. The highest BCUT2D eigenvalue weighted by atomic mass is 16.5. The van der Waals surface area contributed by atoms with Crippen LogP contribution < -0.4 is 11.5 Å². The average Bonchev–Trinajstić information content (AvgIpc) is 3.08. The van der Waals surface area contributed by atoms with Crippen molar-refractivity contribution in [1.29, 1.82) is 0 Å². The van der Waals surface area contributed by atoms with Crippen LogP contribution >= 0.6 is 0 Å². The van der Waals surface area contributed by atoms with Crippen molar-refractivity contribution in [2.45, 2.75) is 0 Å². The summed E-state index contributed by atoms with van der Waals surface area (Å²) >= 11 is 0. The molecular formula is C16H10N4O3. The standard InChI is InChI=1S/C16H10N4O3/c17-10-5-9-12(13(14(10)18)11-6-23-20-19-11)16(22)8-4-2-1-3-7(8)15(9)21/h1-6H,17-18H2. The van der Waals surface area contributed by atoms with Crippen molar-refractivity contribution < 1.29 is 14.1 Å². The van der Waals surface area contributed by atoms with Crippen LogP contribution in [0.3, 0.4) is 0 Å². The van der Waals surface area contributed by atoms with Crippen LogP contribution in [0.5, 0.6) is 0 Å². The monoisotopic (exact) mass is 306 g/mol. The molecule has 112 valence electrons. The molecule has 4 rings (SSSR count). The molecule has 7 heteroatoms. The Balaban J connectivity index is 2.11. The van der Waals surface area contributed by atoms with E-state index in [4.69, 9.17) is 16.0 Å². The second-order valence-electron chi connectivity index (χ2n) is 5.17. The maximum Gasteiger partial charge on any atom is 0.195 e. The van der Waals surface area contributed by atoms with Gasteiger partial charge in [-0.1, -0.05) is 24.3 Å². The highest BCUT2D eigenvalue weighted by Crippen LogP contribution is 2.40. The number of anilines is 2. The minimum atomic E-state index is -0.306. The van der Waals surface area contributed by atoms with Crippen molar-refractivity contribution in [3.63, 3.8) is 0 Å². The van der Waals surface area contributed by atoms with Crippen molar-refractivity contribution >= 4 is 22.9 Å². The van der Waals surface area contributed by atoms with Gasteiger partial charge in [0.05, 0.1) is 11.4 Å². The van der Waals surface area contributed by atoms with Crippen LogP contribution in [0.15, 0.2) is 41.1 Å². The van der Waals surface area contributed by atoms with Crippen LogP contribution in [0, 0.1) is 0 Å². The summed E-state index contributed by atoms with van der Waals surface area (Å²) in [6.45, 7) is 0. The molecule has 0 amide bonds. The Morgan fingerprint density at radius 3 is 2.26 bits per heavy atom. The number of fused-ring (bicyclic) bond motifs is 2. The summed E-state index contributed by atoms with van der Waals surface area (Å²) in [5, 5.41) is 7.19. The first-order valence-corrected chi connectivity index (χ1v) is 6.77. The lowest BCUT2D eigenvalue weighted by Crippen LogP contribution is -2.23. The van der Waals surface area contributed by atoms with Gasteiger partial charge in [-0.3, -0.25) is 9.59 Å². The molecule has 1 aliphatic carbocycles. The molecule has 0 fully saturated rings. The summed E-state index contributed by atoms with van der Waals surface area (Å²) in [6.07, 6.45) is 1.25. The second kappa shape index (κ2) is 4.51. The molecule has 4 N–H and O–H groups in total. The molecule has 0 unspecified atom stereocenters. The number of carbonyl (C=O) groups excluding carboxylic acids is 2. The van der Waals surface area contributed by atoms with Gasteiger partial charge in [-0.15, -0.1) is 5.10 Å². The van der Waals surface area contributed by atoms with Gasteiger partial charge in [0.25, 0.3) is 0 Å². The van der Waals surface area contributed by atoms with Crippen LogP contribution in [0.1, 0.15) is 31.8 Å². The zero-order chi connectivity index (χ0) is 16.1. The smallest absolute Gasteiger partial charge is 0.195 e. The fraction of sp³-hybridized carbons (Fsp3) is 0. The fourth-order valence-electron chi connectivity index (χ4n) is 2.83. The molecule has 0 atom stereocenters. The number of hydrogen-bond acceptors (Lipinski definition) is 7. The minimum absolute atomic E-state index is 0.167. The number of benzene rings is 2. The lowest BCUT2D eigenvalue weighted by molar-refractivity contribution is 0.0979. The summed E-state index contributed by atoms with van der Waals surface area (Å²) in [7, 11) is 0. The third-order valence-corrected chi connectivity index (χ3v) is 3.90. The highest BCUT2D eigenvalue weighted by Gasteiger charge is 2.34. The zero-order valence-electron chi connectivity index (χ0n) is 11.7. The van der Waals surface area contributed by atoms with Crippen LogP contribution in [0.4, 0.5) is 11.4 Å². The van der Waals surface area contributed by atoms with Crippen LogP contribution in [0.2, 0.25) is 0 Å². The first-order chi connectivity index (χ1) is 11.1. The highest BCUT2D eigenvalue weighted by molar-refractivity contribution is 6.31. The van der Waals surface area contributed by atoms with Crippen LogP contribution in [-0.4, -0.2) is 21.9 Å². The molecule has 2 aromatic carbocycles. The van der Waals surface area contributed by atoms with E-state index in [1.54, 1.807) is 24.3 Å². The number of ketones is 2. The molecule has 3 aromatic rings. The van der Waals surface area contributed by atoms with E-state index in [0.717, 1.165) is 0 Å². The normalized spacial score (nSPS) is 12.9. The number of nitrogen functional groups attached to an aromatic ring is 2. The molecular weight excluding hydrogens is 296 g/mol. The largest absolute Gasteiger partial charge is 0.397 e. The quantitative estimate of drug-likeness (QED) is 0.512. The van der Waals surface area contributed by atoms with Crippen molar-refractivity contribution in [3.8, 4) is 11.3 Å². The molecule has 23 heavy (non-hydrogen) atoms. The first kappa shape index (κ1) is 13.2. The molecule has 1 aromatic heterocycles. The van der Waals surface area contributed by atoms with E-state index in [9.17, 15) is 9.59 Å². The predicted molar refractivity (Wildman–Crippen MR) is 81.9 cm³/mol. The van der Waals surface area contributed by atoms with Gasteiger partial charge in [-0.05, 0) is 6.07 Å². The molecule has 1 heterocycles. The van der Waals surface area contributed by atoms with Crippen LogP contribution in [0.25, 0.3) is 11.3 Å². The lowest BCUT2D eigenvalue weighted by Gasteiger charge is -2.21. The number of nitrogens with zero attached hydrogens (tertiary/aromatic N) is 2. The maximum atomic E-state index is 12.9. The Labute approximate surface area is 129 Å². The molecule has 0 bridgehead atoms. The van der Waals surface area contributed by atoms with Crippen molar-refractivity contribution in [2.24, 2.45) is 0 Å². The molecule has 0 spiro atoms. The van der Waals surface area contributed by atoms with E-state index in [2.05, 4.69) is 10.4 Å². The number of aromatic nitrogens is 2. The Bertz CT molecular complexity index is 977. The number of nitrogens with two attached hydrogens (primary N) is 2. The lowest BCUT2D eigenvalue weighted by atomic mass is 9.80. The van der Waals surface area contributed by atoms with E-state index in [1.165, 1.54) is 12.3 Å². The topological polar surface area (TPSA) is 125 Å². The number of hydrogen-bond donors (Lipinski definition) is 2. The van der Waals surface area contributed by atoms with Gasteiger partial charge < -0.3 is 16.0 Å². The molecule has 7 nitrogen and oxygen atoms in total. The van der Waals surface area contributed by atoms with Gasteiger partial charge in [0.15, 0.2) is 17.8 Å². The first-order valence-electron chi connectivity index (χ1n) is 6.77. The third kappa shape index (κ3) is 1.70. The van der Waals surface area contributed by atoms with Crippen LogP contribution in [-0.2, 0) is 0 Å². The molecule has 0 radical (unpaired) electrons. The Morgan fingerprint density at radius 1 is 0.913 bits per heavy atom. The zero-order valence-corrected chi connectivity index (χ0v) is 11.7.